The molecule has 0 saturated heterocycles. The van der Waals surface area contributed by atoms with Gasteiger partial charge in [0.15, 0.2) is 0 Å². The van der Waals surface area contributed by atoms with Gasteiger partial charge in [0.05, 0.1) is 0 Å². The van der Waals surface area contributed by atoms with Gasteiger partial charge < -0.3 is 0 Å². The molecule has 0 aliphatic heterocycles. The van der Waals surface area contributed by atoms with Gasteiger partial charge in [-0.15, -0.1) is 0 Å². The molecule has 0 aromatic heterocycles. The summed E-state index contributed by atoms with van der Waals surface area (Å²) in [5, 5.41) is 1.10. The van der Waals surface area contributed by atoms with Crippen molar-refractivity contribution in [3.8, 4) is 0 Å². The van der Waals surface area contributed by atoms with Crippen molar-refractivity contribution in [1.82, 2.24) is 0 Å². The van der Waals surface area contributed by atoms with Gasteiger partial charge in [0, 0.05) is 0 Å². The van der Waals surface area contributed by atoms with Crippen molar-refractivity contribution in [2.45, 2.75) is 29.6 Å². The van der Waals surface area contributed by atoms with Gasteiger partial charge in [-0.3, -0.25) is 0 Å². The van der Waals surface area contributed by atoms with E-state index in [0.29, 0.717) is 0 Å². The fraction of sp³-hybridized carbons (Fsp3) is 0.538. The molecule has 0 fully saturated rings. The second kappa shape index (κ2) is 8.14. The monoisotopic (exact) mass is 336 g/mol. The van der Waals surface area contributed by atoms with Crippen molar-refractivity contribution >= 4 is 22.6 Å². The first-order valence-electron chi connectivity index (χ1n) is 6.05. The van der Waals surface area contributed by atoms with Crippen LogP contribution in [-0.4, -0.2) is 29.2 Å². The summed E-state index contributed by atoms with van der Waals surface area (Å²) in [6.45, 7) is 2.17. The Morgan fingerprint density at radius 1 is 1.22 bits per heavy atom. The van der Waals surface area contributed by atoms with Crippen LogP contribution in [0.25, 0.3) is 0 Å². The Bertz CT molecular complexity index is 375. The summed E-state index contributed by atoms with van der Waals surface area (Å²) in [5.74, 6) is 0. The summed E-state index contributed by atoms with van der Waals surface area (Å²) in [6.07, 6.45) is 2.32. The SMILES string of the molecule is CCCC[Se]C(c1ccccc1)P(=O)(OC)OC. The van der Waals surface area contributed by atoms with Gasteiger partial charge in [0.1, 0.15) is 0 Å². The molecule has 1 aromatic rings. The van der Waals surface area contributed by atoms with E-state index in [2.05, 4.69) is 6.92 Å². The average Bonchev–Trinajstić information content (AvgIpc) is 2.44. The van der Waals surface area contributed by atoms with Crippen LogP contribution >= 0.6 is 7.60 Å². The zero-order chi connectivity index (χ0) is 13.4. The molecule has 0 heterocycles. The van der Waals surface area contributed by atoms with Gasteiger partial charge in [0.2, 0.25) is 0 Å². The minimum atomic E-state index is -3.03. The van der Waals surface area contributed by atoms with E-state index >= 15 is 0 Å². The van der Waals surface area contributed by atoms with Crippen LogP contribution in [0.4, 0.5) is 0 Å². The van der Waals surface area contributed by atoms with E-state index in [4.69, 9.17) is 9.05 Å². The zero-order valence-corrected chi connectivity index (χ0v) is 13.8. The molecule has 102 valence electrons. The van der Waals surface area contributed by atoms with Crippen molar-refractivity contribution in [2.75, 3.05) is 14.2 Å². The fourth-order valence-corrected chi connectivity index (χ4v) is 7.78. The van der Waals surface area contributed by atoms with Gasteiger partial charge in [-0.05, 0) is 0 Å². The Labute approximate surface area is 116 Å². The molecule has 3 nitrogen and oxygen atoms in total. The second-order valence-electron chi connectivity index (χ2n) is 3.89. The van der Waals surface area contributed by atoms with Crippen LogP contribution in [0.15, 0.2) is 30.3 Å². The number of rotatable bonds is 8. The molecule has 0 aliphatic rings. The molecule has 1 rings (SSSR count). The van der Waals surface area contributed by atoms with Crippen LogP contribution in [0.5, 0.6) is 0 Å². The zero-order valence-electron chi connectivity index (χ0n) is 11.2. The molecule has 1 atom stereocenters. The molecule has 0 N–H and O–H groups in total. The summed E-state index contributed by atoms with van der Waals surface area (Å²) in [5.41, 5.74) is 1.06. The number of benzene rings is 1. The van der Waals surface area contributed by atoms with Crippen molar-refractivity contribution < 1.29 is 13.6 Å². The molecule has 5 heteroatoms. The molecule has 0 saturated carbocycles. The van der Waals surface area contributed by atoms with Gasteiger partial charge in [-0.25, -0.2) is 0 Å². The molecule has 0 amide bonds. The van der Waals surface area contributed by atoms with Gasteiger partial charge in [0.25, 0.3) is 0 Å². The fourth-order valence-electron chi connectivity index (χ4n) is 1.59. The standard InChI is InChI=1S/C13H21O3PSe/c1-4-5-11-18-13(17(14,15-2)16-3)12-9-7-6-8-10-12/h6-10,13H,4-5,11H2,1-3H3. The average molecular weight is 335 g/mol. The van der Waals surface area contributed by atoms with E-state index in [0.717, 1.165) is 23.7 Å². The maximum atomic E-state index is 12.6. The van der Waals surface area contributed by atoms with Crippen molar-refractivity contribution in [1.29, 1.82) is 0 Å². The Balaban J connectivity index is 2.91. The maximum absolute atomic E-state index is 12.6. The summed E-state index contributed by atoms with van der Waals surface area (Å²) < 4.78 is 22.9. The summed E-state index contributed by atoms with van der Waals surface area (Å²) in [7, 11) is -0.0889. The first kappa shape index (κ1) is 15.9. The van der Waals surface area contributed by atoms with Crippen LogP contribution < -0.4 is 0 Å². The van der Waals surface area contributed by atoms with Crippen LogP contribution in [0.3, 0.4) is 0 Å². The number of hydrogen-bond acceptors (Lipinski definition) is 3. The third kappa shape index (κ3) is 4.22. The summed E-state index contributed by atoms with van der Waals surface area (Å²) in [6, 6.07) is 9.90. The Hall–Kier alpha value is -0.111. The normalized spacial score (nSPS) is 13.5. The van der Waals surface area contributed by atoms with Crippen LogP contribution in [0.2, 0.25) is 5.32 Å². The molecule has 0 bridgehead atoms. The third-order valence-corrected chi connectivity index (χ3v) is 9.28. The third-order valence-electron chi connectivity index (χ3n) is 2.65. The minimum absolute atomic E-state index is 0.104. The van der Waals surface area contributed by atoms with Gasteiger partial charge >= 0.3 is 116 Å². The quantitative estimate of drug-likeness (QED) is 0.408. The summed E-state index contributed by atoms with van der Waals surface area (Å²) in [4.78, 5) is 0. The van der Waals surface area contributed by atoms with Gasteiger partial charge in [-0.2, -0.15) is 0 Å². The molecule has 0 radical (unpaired) electrons. The first-order chi connectivity index (χ1) is 8.68. The molecule has 18 heavy (non-hydrogen) atoms. The van der Waals surface area contributed by atoms with Crippen LogP contribution in [0.1, 0.15) is 29.9 Å². The number of unbranched alkanes of at least 4 members (excludes halogenated alkanes) is 1. The van der Waals surface area contributed by atoms with Crippen molar-refractivity contribution in [2.24, 2.45) is 0 Å². The molecule has 1 unspecified atom stereocenters. The van der Waals surface area contributed by atoms with E-state index in [1.165, 1.54) is 14.2 Å². The molecule has 1 aromatic carbocycles. The van der Waals surface area contributed by atoms with Crippen LogP contribution in [0, 0.1) is 0 Å². The van der Waals surface area contributed by atoms with Crippen LogP contribution in [-0.2, 0) is 13.6 Å². The molecule has 0 aliphatic carbocycles. The topological polar surface area (TPSA) is 35.5 Å². The molecular formula is C13H21O3PSe. The Morgan fingerprint density at radius 3 is 2.33 bits per heavy atom. The predicted octanol–water partition coefficient (Wildman–Crippen LogP) is 4.09. The first-order valence-corrected chi connectivity index (χ1v) is 9.87. The van der Waals surface area contributed by atoms with Crippen molar-refractivity contribution in [3.63, 3.8) is 0 Å². The number of hydrogen-bond donors (Lipinski definition) is 0. The Kier molecular flexibility index (Phi) is 7.21. The Morgan fingerprint density at radius 2 is 1.83 bits per heavy atom. The van der Waals surface area contributed by atoms with Gasteiger partial charge in [-0.1, -0.05) is 0 Å². The van der Waals surface area contributed by atoms with E-state index in [9.17, 15) is 4.57 Å². The second-order valence-corrected chi connectivity index (χ2v) is 9.55. The van der Waals surface area contributed by atoms with Crippen molar-refractivity contribution in [3.05, 3.63) is 35.9 Å². The predicted molar refractivity (Wildman–Crippen MR) is 76.3 cm³/mol. The van der Waals surface area contributed by atoms with E-state index in [-0.39, 0.29) is 19.5 Å². The van der Waals surface area contributed by atoms with E-state index < -0.39 is 7.60 Å². The van der Waals surface area contributed by atoms with E-state index in [1.807, 2.05) is 30.3 Å². The molecule has 0 spiro atoms. The summed E-state index contributed by atoms with van der Waals surface area (Å²) >= 11 is 0.221. The molecular weight excluding hydrogens is 314 g/mol. The van der Waals surface area contributed by atoms with E-state index in [1.54, 1.807) is 0 Å².